The average molecular weight is 528 g/mol. The molecule has 3 aliphatic carbocycles. The summed E-state index contributed by atoms with van der Waals surface area (Å²) in [6, 6.07) is 13.2. The van der Waals surface area contributed by atoms with Crippen molar-refractivity contribution >= 4 is 41.7 Å². The molecule has 4 aliphatic rings. The minimum absolute atomic E-state index is 0.0783. The lowest BCUT2D eigenvalue weighted by Gasteiger charge is -2.34. The first-order chi connectivity index (χ1) is 18.4. The van der Waals surface area contributed by atoms with Gasteiger partial charge in [-0.25, -0.2) is 4.39 Å². The number of fused-ring (bicyclic) bond motifs is 1. The summed E-state index contributed by atoms with van der Waals surface area (Å²) in [5.41, 5.74) is 10.5. The van der Waals surface area contributed by atoms with E-state index < -0.39 is 5.44 Å². The van der Waals surface area contributed by atoms with Gasteiger partial charge in [0.15, 0.2) is 0 Å². The van der Waals surface area contributed by atoms with Crippen molar-refractivity contribution in [1.82, 2.24) is 21.0 Å². The molecule has 7 rings (SSSR count). The Kier molecular flexibility index (Phi) is 5.30. The third kappa shape index (κ3) is 4.03. The predicted octanol–water partition coefficient (Wildman–Crippen LogP) is 4.48. The smallest absolute Gasteiger partial charge is 0.148 e. The molecule has 3 aromatic rings. The first-order valence-corrected chi connectivity index (χ1v) is 13.6. The van der Waals surface area contributed by atoms with E-state index in [-0.39, 0.29) is 11.4 Å². The van der Waals surface area contributed by atoms with E-state index in [1.807, 2.05) is 12.1 Å². The van der Waals surface area contributed by atoms with Crippen LogP contribution < -0.4 is 21.6 Å². The van der Waals surface area contributed by atoms with Crippen molar-refractivity contribution < 1.29 is 4.39 Å². The number of pyridine rings is 1. The summed E-state index contributed by atoms with van der Waals surface area (Å²) >= 11 is 6.81. The summed E-state index contributed by atoms with van der Waals surface area (Å²) in [6.45, 7) is 0. The highest BCUT2D eigenvalue weighted by atomic mass is 35.5. The number of nitrogens with zero attached hydrogens (tertiary/aromatic N) is 3. The second kappa shape index (κ2) is 8.52. The molecule has 4 N–H and O–H groups in total. The molecule has 2 heterocycles. The van der Waals surface area contributed by atoms with Crippen molar-refractivity contribution in [3.63, 3.8) is 0 Å². The summed E-state index contributed by atoms with van der Waals surface area (Å²) in [5.74, 6) is 0.379. The number of hydrazine groups is 2. The maximum absolute atomic E-state index is 13.9. The van der Waals surface area contributed by atoms with E-state index in [1.54, 1.807) is 18.3 Å². The van der Waals surface area contributed by atoms with Crippen LogP contribution in [0.5, 0.6) is 0 Å². The molecule has 0 amide bonds. The number of anilines is 2. The second-order valence-electron chi connectivity index (χ2n) is 11.2. The van der Waals surface area contributed by atoms with E-state index in [2.05, 4.69) is 51.7 Å². The van der Waals surface area contributed by atoms with Crippen molar-refractivity contribution in [3.8, 4) is 6.07 Å². The van der Waals surface area contributed by atoms with E-state index >= 15 is 0 Å². The van der Waals surface area contributed by atoms with Crippen molar-refractivity contribution in [2.45, 2.75) is 55.5 Å². The number of nitrogens with one attached hydrogen (secondary N) is 4. The first kappa shape index (κ1) is 23.6. The lowest BCUT2D eigenvalue weighted by atomic mass is 9.69. The summed E-state index contributed by atoms with van der Waals surface area (Å²) < 4.78 is 13.9. The molecule has 7 nitrogen and oxygen atoms in total. The predicted molar refractivity (Wildman–Crippen MR) is 149 cm³/mol. The van der Waals surface area contributed by atoms with Gasteiger partial charge in [0.2, 0.25) is 0 Å². The molecule has 1 aromatic heterocycles. The monoisotopic (exact) mass is 527 g/mol. The highest BCUT2D eigenvalue weighted by Gasteiger charge is 2.54. The molecule has 3 saturated carbocycles. The van der Waals surface area contributed by atoms with Gasteiger partial charge in [0, 0.05) is 35.1 Å². The summed E-state index contributed by atoms with van der Waals surface area (Å²) in [7, 11) is 2.06. The lowest BCUT2D eigenvalue weighted by molar-refractivity contribution is 0.260. The maximum Gasteiger partial charge on any atom is 0.148 e. The molecular weight excluding hydrogens is 500 g/mol. The number of halogens is 2. The molecule has 38 heavy (non-hydrogen) atoms. The Balaban J connectivity index is 1.32. The number of benzene rings is 2. The van der Waals surface area contributed by atoms with Crippen LogP contribution in [0.25, 0.3) is 10.9 Å². The van der Waals surface area contributed by atoms with Gasteiger partial charge in [-0.05, 0) is 74.3 Å². The lowest BCUT2D eigenvalue weighted by Crippen LogP contribution is -2.45. The van der Waals surface area contributed by atoms with Crippen molar-refractivity contribution in [1.29, 1.82) is 5.26 Å². The van der Waals surface area contributed by atoms with Crippen molar-refractivity contribution in [3.05, 3.63) is 76.5 Å². The molecule has 192 valence electrons. The Labute approximate surface area is 226 Å². The Morgan fingerprint density at radius 2 is 1.95 bits per heavy atom. The van der Waals surface area contributed by atoms with E-state index in [0.717, 1.165) is 53.7 Å². The SMILES string of the molecule is BC(Nc1cc(Cl)c2ncc(C#N)c(NC3(C4CC4)CC3)c2c1)(C1=CN(C2CC2)NN1)c1ccc(F)cc1. The molecule has 1 unspecified atom stereocenters. The number of aromatic nitrogens is 1. The van der Waals surface area contributed by atoms with Gasteiger partial charge < -0.3 is 16.1 Å². The van der Waals surface area contributed by atoms with Gasteiger partial charge in [-0.1, -0.05) is 23.7 Å². The molecule has 0 spiro atoms. The number of nitriles is 1. The molecule has 3 fully saturated rings. The topological polar surface area (TPSA) is 88.0 Å². The van der Waals surface area contributed by atoms with E-state index in [9.17, 15) is 9.65 Å². The normalized spacial score (nSPS) is 21.3. The largest absolute Gasteiger partial charge is 0.378 e. The molecule has 0 radical (unpaired) electrons. The Morgan fingerprint density at radius 3 is 2.61 bits per heavy atom. The fourth-order valence-corrected chi connectivity index (χ4v) is 5.97. The molecule has 1 aliphatic heterocycles. The molecule has 1 atom stereocenters. The third-order valence-corrected chi connectivity index (χ3v) is 8.74. The fourth-order valence-electron chi connectivity index (χ4n) is 5.70. The molecule has 0 bridgehead atoms. The standard InChI is InChI=1S/C28H28BClFN7/c29-28(18-3-5-19(31)6-4-18,24-15-38(37-36-24)21-7-8-21)34-20-11-22-25(35-27(9-10-27)17-1-2-17)16(13-32)14-33-26(22)23(30)12-20/h3-6,11-12,14-15,17,21,34,36-37H,1-2,7-10,29H2,(H,33,35). The van der Waals surface area contributed by atoms with Crippen LogP contribution in [-0.4, -0.2) is 29.4 Å². The quantitative estimate of drug-likeness (QED) is 0.321. The molecule has 2 aromatic carbocycles. The fraction of sp³-hybridized carbons (Fsp3) is 0.357. The number of hydrogen-bond acceptors (Lipinski definition) is 7. The van der Waals surface area contributed by atoms with Gasteiger partial charge in [0.1, 0.15) is 19.7 Å². The zero-order chi connectivity index (χ0) is 26.1. The summed E-state index contributed by atoms with van der Waals surface area (Å²) in [6.07, 6.45) is 10.7. The van der Waals surface area contributed by atoms with Gasteiger partial charge in [0.25, 0.3) is 0 Å². The molecule has 10 heteroatoms. The van der Waals surface area contributed by atoms with Gasteiger partial charge in [-0.15, -0.1) is 5.53 Å². The van der Waals surface area contributed by atoms with Gasteiger partial charge in [-0.3, -0.25) is 9.99 Å². The maximum atomic E-state index is 13.9. The highest BCUT2D eigenvalue weighted by Crippen LogP contribution is 2.56. The number of hydrogen-bond donors (Lipinski definition) is 4. The summed E-state index contributed by atoms with van der Waals surface area (Å²) in [5, 5.41) is 20.8. The minimum Gasteiger partial charge on any atom is -0.378 e. The van der Waals surface area contributed by atoms with Crippen LogP contribution in [0, 0.1) is 23.1 Å². The highest BCUT2D eigenvalue weighted by molar-refractivity contribution is 6.36. The van der Waals surface area contributed by atoms with Crippen LogP contribution in [0.2, 0.25) is 5.02 Å². The van der Waals surface area contributed by atoms with Crippen molar-refractivity contribution in [2.24, 2.45) is 5.92 Å². The number of rotatable bonds is 8. The Hall–Kier alpha value is -3.48. The first-order valence-electron chi connectivity index (χ1n) is 13.3. The van der Waals surface area contributed by atoms with Crippen LogP contribution in [0.4, 0.5) is 15.8 Å². The zero-order valence-corrected chi connectivity index (χ0v) is 21.9. The van der Waals surface area contributed by atoms with Crippen LogP contribution in [0.15, 0.2) is 54.5 Å². The van der Waals surface area contributed by atoms with E-state index in [0.29, 0.717) is 28.1 Å². The third-order valence-electron chi connectivity index (χ3n) is 8.45. The Bertz CT molecular complexity index is 1510. The Morgan fingerprint density at radius 1 is 1.18 bits per heavy atom. The van der Waals surface area contributed by atoms with Gasteiger partial charge >= 0.3 is 0 Å². The average Bonchev–Trinajstić information content (AvgIpc) is 3.77. The van der Waals surface area contributed by atoms with E-state index in [4.69, 9.17) is 11.6 Å². The van der Waals surface area contributed by atoms with Gasteiger partial charge in [0.05, 0.1) is 32.9 Å². The summed E-state index contributed by atoms with van der Waals surface area (Å²) in [4.78, 5) is 4.54. The van der Waals surface area contributed by atoms with Crippen LogP contribution in [0.1, 0.15) is 49.7 Å². The molecular formula is C28H28BClFN7. The minimum atomic E-state index is -0.735. The van der Waals surface area contributed by atoms with Gasteiger partial charge in [-0.2, -0.15) is 5.26 Å². The van der Waals surface area contributed by atoms with Crippen LogP contribution in [0.3, 0.4) is 0 Å². The molecule has 0 saturated heterocycles. The van der Waals surface area contributed by atoms with Crippen LogP contribution >= 0.6 is 11.6 Å². The van der Waals surface area contributed by atoms with E-state index in [1.165, 1.54) is 25.0 Å². The van der Waals surface area contributed by atoms with Crippen molar-refractivity contribution in [2.75, 3.05) is 10.6 Å². The van der Waals surface area contributed by atoms with Crippen LogP contribution in [-0.2, 0) is 5.44 Å². The zero-order valence-electron chi connectivity index (χ0n) is 21.1. The second-order valence-corrected chi connectivity index (χ2v) is 11.7.